The maximum atomic E-state index is 12.2. The molecule has 0 aliphatic heterocycles. The molecular weight excluding hydrogens is 312 g/mol. The zero-order valence-electron chi connectivity index (χ0n) is 12.5. The molecular formula is C16H14N4O4. The lowest BCUT2D eigenvalue weighted by atomic mass is 10.1. The fraction of sp³-hybridized carbons (Fsp3) is 0.125. The number of fused-ring (bicyclic) bond motifs is 1. The molecule has 0 aliphatic carbocycles. The van der Waals surface area contributed by atoms with E-state index in [9.17, 15) is 14.4 Å². The van der Waals surface area contributed by atoms with Crippen molar-refractivity contribution < 1.29 is 14.0 Å². The van der Waals surface area contributed by atoms with Gasteiger partial charge >= 0.3 is 0 Å². The molecule has 0 saturated carbocycles. The lowest BCUT2D eigenvalue weighted by Crippen LogP contribution is -2.35. The molecule has 24 heavy (non-hydrogen) atoms. The second-order valence-corrected chi connectivity index (χ2v) is 4.94. The third-order valence-electron chi connectivity index (χ3n) is 3.35. The van der Waals surface area contributed by atoms with Crippen molar-refractivity contribution in [3.05, 3.63) is 64.5 Å². The van der Waals surface area contributed by atoms with Gasteiger partial charge in [-0.15, -0.1) is 0 Å². The molecule has 0 radical (unpaired) electrons. The number of carbonyl (C=O) groups excluding carboxylic acids is 2. The summed E-state index contributed by atoms with van der Waals surface area (Å²) in [6.45, 7) is 0.437. The Bertz CT molecular complexity index is 931. The van der Waals surface area contributed by atoms with Crippen molar-refractivity contribution in [3.8, 4) is 0 Å². The van der Waals surface area contributed by atoms with Crippen LogP contribution in [-0.2, 0) is 0 Å². The minimum Gasteiger partial charge on any atom is -0.459 e. The number of furan rings is 1. The summed E-state index contributed by atoms with van der Waals surface area (Å²) in [5.74, 6) is -0.591. The fourth-order valence-electron chi connectivity index (χ4n) is 2.22. The molecule has 2 amide bonds. The zero-order chi connectivity index (χ0) is 16.9. The molecule has 0 atom stereocenters. The molecule has 3 aromatic rings. The highest BCUT2D eigenvalue weighted by atomic mass is 16.3. The number of hydrogen-bond acceptors (Lipinski definition) is 5. The molecule has 2 heterocycles. The molecule has 0 bridgehead atoms. The van der Waals surface area contributed by atoms with E-state index in [0.29, 0.717) is 10.8 Å². The van der Waals surface area contributed by atoms with Gasteiger partial charge in [0.15, 0.2) is 11.5 Å². The van der Waals surface area contributed by atoms with Gasteiger partial charge in [0.05, 0.1) is 11.6 Å². The number of rotatable bonds is 5. The predicted molar refractivity (Wildman–Crippen MR) is 85.7 cm³/mol. The number of nitrogens with zero attached hydrogens (tertiary/aromatic N) is 1. The Kier molecular flexibility index (Phi) is 4.37. The maximum absolute atomic E-state index is 12.2. The molecule has 1 aromatic carbocycles. The quantitative estimate of drug-likeness (QED) is 0.596. The Morgan fingerprint density at radius 2 is 1.71 bits per heavy atom. The van der Waals surface area contributed by atoms with Crippen LogP contribution in [0.3, 0.4) is 0 Å². The van der Waals surface area contributed by atoms with Crippen molar-refractivity contribution >= 4 is 22.6 Å². The number of amides is 2. The van der Waals surface area contributed by atoms with Crippen LogP contribution in [0.1, 0.15) is 21.0 Å². The van der Waals surface area contributed by atoms with E-state index < -0.39 is 5.91 Å². The average molecular weight is 326 g/mol. The van der Waals surface area contributed by atoms with Gasteiger partial charge in [0.1, 0.15) is 0 Å². The third kappa shape index (κ3) is 3.17. The molecule has 0 fully saturated rings. The van der Waals surface area contributed by atoms with Gasteiger partial charge in [-0.1, -0.05) is 18.2 Å². The highest BCUT2D eigenvalue weighted by molar-refractivity contribution is 6.04. The summed E-state index contributed by atoms with van der Waals surface area (Å²) in [5, 5.41) is 12.2. The van der Waals surface area contributed by atoms with Crippen molar-refractivity contribution in [2.45, 2.75) is 0 Å². The van der Waals surface area contributed by atoms with Gasteiger partial charge in [0.2, 0.25) is 0 Å². The van der Waals surface area contributed by atoms with Crippen molar-refractivity contribution in [1.82, 2.24) is 20.8 Å². The second kappa shape index (κ2) is 6.78. The van der Waals surface area contributed by atoms with E-state index in [1.807, 2.05) is 0 Å². The standard InChI is InChI=1S/C16H14N4O4/c21-14-11-5-2-1-4-10(11)13(19-20-14)16(23)18-8-7-17-15(22)12-6-3-9-24-12/h1-6,9H,7-8H2,(H,17,22)(H,18,23)(H,20,21). The summed E-state index contributed by atoms with van der Waals surface area (Å²) in [5.41, 5.74) is -0.226. The number of H-pyrrole nitrogens is 1. The van der Waals surface area contributed by atoms with Crippen molar-refractivity contribution in [2.24, 2.45) is 0 Å². The predicted octanol–water partition coefficient (Wildman–Crippen LogP) is 0.676. The van der Waals surface area contributed by atoms with Crippen LogP contribution < -0.4 is 16.2 Å². The molecule has 8 heteroatoms. The van der Waals surface area contributed by atoms with Gasteiger partial charge < -0.3 is 15.1 Å². The molecule has 3 rings (SSSR count). The number of hydrogen-bond donors (Lipinski definition) is 3. The number of carbonyl (C=O) groups is 2. The minimum atomic E-state index is -0.435. The van der Waals surface area contributed by atoms with E-state index in [1.54, 1.807) is 36.4 Å². The topological polar surface area (TPSA) is 117 Å². The summed E-state index contributed by atoms with van der Waals surface area (Å²) in [6, 6.07) is 9.88. The van der Waals surface area contributed by atoms with Gasteiger partial charge in [-0.3, -0.25) is 14.4 Å². The van der Waals surface area contributed by atoms with Gasteiger partial charge in [0.25, 0.3) is 17.4 Å². The van der Waals surface area contributed by atoms with Crippen LogP contribution >= 0.6 is 0 Å². The van der Waals surface area contributed by atoms with Crippen LogP contribution in [0.4, 0.5) is 0 Å². The van der Waals surface area contributed by atoms with Crippen LogP contribution in [0.5, 0.6) is 0 Å². The van der Waals surface area contributed by atoms with Crippen molar-refractivity contribution in [3.63, 3.8) is 0 Å². The summed E-state index contributed by atoms with van der Waals surface area (Å²) in [7, 11) is 0. The molecule has 8 nitrogen and oxygen atoms in total. The molecule has 0 aliphatic rings. The Morgan fingerprint density at radius 1 is 1.00 bits per heavy atom. The van der Waals surface area contributed by atoms with Crippen LogP contribution in [0.2, 0.25) is 0 Å². The summed E-state index contributed by atoms with van der Waals surface area (Å²) >= 11 is 0. The van der Waals surface area contributed by atoms with Crippen molar-refractivity contribution in [1.29, 1.82) is 0 Å². The average Bonchev–Trinajstić information content (AvgIpc) is 3.13. The van der Waals surface area contributed by atoms with E-state index in [0.717, 1.165) is 0 Å². The van der Waals surface area contributed by atoms with Gasteiger partial charge in [-0.25, -0.2) is 5.10 Å². The number of benzene rings is 1. The molecule has 3 N–H and O–H groups in total. The molecule has 0 spiro atoms. The normalized spacial score (nSPS) is 10.5. The van der Waals surface area contributed by atoms with E-state index in [1.165, 1.54) is 6.26 Å². The second-order valence-electron chi connectivity index (χ2n) is 4.94. The van der Waals surface area contributed by atoms with Gasteiger partial charge in [0, 0.05) is 18.5 Å². The Morgan fingerprint density at radius 3 is 2.42 bits per heavy atom. The van der Waals surface area contributed by atoms with Crippen LogP contribution in [0, 0.1) is 0 Å². The number of aromatic nitrogens is 2. The first-order chi connectivity index (χ1) is 11.7. The summed E-state index contributed by atoms with van der Waals surface area (Å²) in [6.07, 6.45) is 1.41. The minimum absolute atomic E-state index is 0.127. The summed E-state index contributed by atoms with van der Waals surface area (Å²) in [4.78, 5) is 35.6. The first-order valence-corrected chi connectivity index (χ1v) is 7.24. The summed E-state index contributed by atoms with van der Waals surface area (Å²) < 4.78 is 4.96. The van der Waals surface area contributed by atoms with E-state index in [4.69, 9.17) is 4.42 Å². The van der Waals surface area contributed by atoms with Crippen LogP contribution in [0.15, 0.2) is 51.9 Å². The van der Waals surface area contributed by atoms with E-state index in [-0.39, 0.29) is 36.0 Å². The Labute approximate surface area is 135 Å². The van der Waals surface area contributed by atoms with Crippen LogP contribution in [0.25, 0.3) is 10.8 Å². The van der Waals surface area contributed by atoms with Gasteiger partial charge in [-0.2, -0.15) is 5.10 Å². The smallest absolute Gasteiger partial charge is 0.287 e. The fourth-order valence-corrected chi connectivity index (χ4v) is 2.22. The van der Waals surface area contributed by atoms with E-state index >= 15 is 0 Å². The Hall–Kier alpha value is -3.42. The molecule has 0 unspecified atom stereocenters. The van der Waals surface area contributed by atoms with E-state index in [2.05, 4.69) is 20.8 Å². The van der Waals surface area contributed by atoms with Crippen molar-refractivity contribution in [2.75, 3.05) is 13.1 Å². The SMILES string of the molecule is O=C(NCCNC(=O)c1n[nH]c(=O)c2ccccc12)c1ccco1. The zero-order valence-corrected chi connectivity index (χ0v) is 12.5. The third-order valence-corrected chi connectivity index (χ3v) is 3.35. The highest BCUT2D eigenvalue weighted by Gasteiger charge is 2.13. The molecule has 122 valence electrons. The lowest BCUT2D eigenvalue weighted by molar-refractivity contribution is 0.0909. The van der Waals surface area contributed by atoms with Crippen LogP contribution in [-0.4, -0.2) is 35.1 Å². The highest BCUT2D eigenvalue weighted by Crippen LogP contribution is 2.11. The number of nitrogens with one attached hydrogen (secondary N) is 3. The first-order valence-electron chi connectivity index (χ1n) is 7.24. The van der Waals surface area contributed by atoms with Gasteiger partial charge in [-0.05, 0) is 18.2 Å². The lowest BCUT2D eigenvalue weighted by Gasteiger charge is -2.07. The maximum Gasteiger partial charge on any atom is 0.287 e. The molecule has 2 aromatic heterocycles. The largest absolute Gasteiger partial charge is 0.459 e. The monoisotopic (exact) mass is 326 g/mol. The Balaban J connectivity index is 1.61. The molecule has 0 saturated heterocycles. The number of aromatic amines is 1. The first kappa shape index (κ1) is 15.5.